The summed E-state index contributed by atoms with van der Waals surface area (Å²) in [5, 5.41) is 9.67. The highest BCUT2D eigenvalue weighted by molar-refractivity contribution is 7.25. The molecule has 0 fully saturated rings. The number of aromatic nitrogens is 1. The minimum absolute atomic E-state index is 0.872. The Morgan fingerprint density at radius 3 is 1.98 bits per heavy atom. The van der Waals surface area contributed by atoms with Crippen LogP contribution >= 0.6 is 11.3 Å². The molecule has 50 heavy (non-hydrogen) atoms. The van der Waals surface area contributed by atoms with Crippen LogP contribution in [-0.2, 0) is 0 Å². The van der Waals surface area contributed by atoms with Gasteiger partial charge in [-0.15, -0.1) is 11.3 Å². The largest absolute Gasteiger partial charge is 0.456 e. The number of hydrogen-bond donors (Lipinski definition) is 0. The number of para-hydroxylation sites is 3. The Labute approximate surface area is 291 Å². The van der Waals surface area contributed by atoms with E-state index in [9.17, 15) is 0 Å². The molecule has 0 saturated heterocycles. The van der Waals surface area contributed by atoms with E-state index in [2.05, 4.69) is 179 Å². The number of fused-ring (bicyclic) bond motifs is 10. The summed E-state index contributed by atoms with van der Waals surface area (Å²) in [6.07, 6.45) is 0. The zero-order valence-corrected chi connectivity index (χ0v) is 27.7. The zero-order chi connectivity index (χ0) is 32.8. The van der Waals surface area contributed by atoms with Gasteiger partial charge < -0.3 is 13.9 Å². The standard InChI is InChI=1S/C46H28N2OS/c1-2-13-31(14-3-1)48-40-18-8-6-15-34(40)38-17-10-19-41(46(38)48)47(33-22-24-37-36-16-7-9-20-44(36)50-45(37)28-33)32-21-23-35-39-25-29-11-4-5-12-30(29)26-42(39)49-43(35)27-32/h1-28H. The van der Waals surface area contributed by atoms with Crippen LogP contribution in [0.2, 0.25) is 0 Å². The molecule has 8 aromatic carbocycles. The van der Waals surface area contributed by atoms with E-state index < -0.39 is 0 Å². The van der Waals surface area contributed by atoms with Gasteiger partial charge in [-0.05, 0) is 77.5 Å². The second-order valence-electron chi connectivity index (χ2n) is 13.0. The molecule has 0 aliphatic heterocycles. The Kier molecular flexibility index (Phi) is 5.83. The second kappa shape index (κ2) is 10.6. The predicted molar refractivity (Wildman–Crippen MR) is 213 cm³/mol. The molecule has 11 aromatic rings. The molecule has 3 aromatic heterocycles. The van der Waals surface area contributed by atoms with Crippen LogP contribution in [0, 0.1) is 0 Å². The maximum atomic E-state index is 6.63. The first-order chi connectivity index (χ1) is 24.8. The summed E-state index contributed by atoms with van der Waals surface area (Å²) in [5.41, 5.74) is 8.49. The number of thiophene rings is 1. The quantitative estimate of drug-likeness (QED) is 0.188. The van der Waals surface area contributed by atoms with Gasteiger partial charge in [0.25, 0.3) is 0 Å². The lowest BCUT2D eigenvalue weighted by molar-refractivity contribution is 0.669. The van der Waals surface area contributed by atoms with E-state index in [1.807, 2.05) is 11.3 Å². The van der Waals surface area contributed by atoms with Gasteiger partial charge in [-0.25, -0.2) is 0 Å². The lowest BCUT2D eigenvalue weighted by atomic mass is 10.1. The van der Waals surface area contributed by atoms with E-state index in [0.717, 1.165) is 50.2 Å². The SMILES string of the molecule is c1ccc(-n2c3ccccc3c3cccc(N(c4ccc5c(c4)oc4cc6ccccc6cc45)c4ccc5c(c4)sc4ccccc45)c32)cc1. The molecule has 3 heterocycles. The van der Waals surface area contributed by atoms with Crippen LogP contribution in [-0.4, -0.2) is 4.57 Å². The predicted octanol–water partition coefficient (Wildman–Crippen LogP) is 13.7. The van der Waals surface area contributed by atoms with Crippen molar-refractivity contribution in [1.29, 1.82) is 0 Å². The van der Waals surface area contributed by atoms with E-state index in [0.29, 0.717) is 0 Å². The topological polar surface area (TPSA) is 21.3 Å². The van der Waals surface area contributed by atoms with E-state index in [1.54, 1.807) is 0 Å². The third kappa shape index (κ3) is 4.03. The Hall–Kier alpha value is -6.36. The number of nitrogens with zero attached hydrogens (tertiary/aromatic N) is 2. The minimum atomic E-state index is 0.872. The first kappa shape index (κ1) is 27.6. The molecule has 234 valence electrons. The van der Waals surface area contributed by atoms with Gasteiger partial charge >= 0.3 is 0 Å². The van der Waals surface area contributed by atoms with Crippen molar-refractivity contribution < 1.29 is 4.42 Å². The summed E-state index contributed by atoms with van der Waals surface area (Å²) in [6.45, 7) is 0. The Morgan fingerprint density at radius 1 is 0.440 bits per heavy atom. The van der Waals surface area contributed by atoms with Crippen LogP contribution in [0.5, 0.6) is 0 Å². The molecule has 0 radical (unpaired) electrons. The van der Waals surface area contributed by atoms with Gasteiger partial charge in [-0.2, -0.15) is 0 Å². The Morgan fingerprint density at radius 2 is 1.10 bits per heavy atom. The molecule has 0 aliphatic rings. The van der Waals surface area contributed by atoms with Gasteiger partial charge in [0.2, 0.25) is 0 Å². The fraction of sp³-hybridized carbons (Fsp3) is 0. The van der Waals surface area contributed by atoms with E-state index >= 15 is 0 Å². The maximum Gasteiger partial charge on any atom is 0.137 e. The van der Waals surface area contributed by atoms with Crippen LogP contribution in [0.15, 0.2) is 174 Å². The summed E-state index contributed by atoms with van der Waals surface area (Å²) in [5.74, 6) is 0. The highest BCUT2D eigenvalue weighted by Gasteiger charge is 2.23. The van der Waals surface area contributed by atoms with Gasteiger partial charge in [-0.1, -0.05) is 97.1 Å². The molecule has 3 nitrogen and oxygen atoms in total. The van der Waals surface area contributed by atoms with Crippen LogP contribution in [0.4, 0.5) is 17.1 Å². The highest BCUT2D eigenvalue weighted by Crippen LogP contribution is 2.46. The first-order valence-electron chi connectivity index (χ1n) is 16.9. The minimum Gasteiger partial charge on any atom is -0.456 e. The lowest BCUT2D eigenvalue weighted by Gasteiger charge is -2.27. The summed E-state index contributed by atoms with van der Waals surface area (Å²) >= 11 is 1.85. The maximum absolute atomic E-state index is 6.63. The summed E-state index contributed by atoms with van der Waals surface area (Å²) in [7, 11) is 0. The second-order valence-corrected chi connectivity index (χ2v) is 14.0. The van der Waals surface area contributed by atoms with Crippen LogP contribution < -0.4 is 4.90 Å². The monoisotopic (exact) mass is 656 g/mol. The molecule has 0 saturated carbocycles. The van der Waals surface area contributed by atoms with Gasteiger partial charge in [0, 0.05) is 64.8 Å². The van der Waals surface area contributed by atoms with Crippen molar-refractivity contribution in [1.82, 2.24) is 4.57 Å². The fourth-order valence-electron chi connectivity index (χ4n) is 7.90. The number of benzene rings is 8. The van der Waals surface area contributed by atoms with Crippen LogP contribution in [0.1, 0.15) is 0 Å². The summed E-state index contributed by atoms with van der Waals surface area (Å²) in [6, 6.07) is 61.3. The van der Waals surface area contributed by atoms with E-state index in [-0.39, 0.29) is 0 Å². The van der Waals surface area contributed by atoms with Crippen molar-refractivity contribution in [3.05, 3.63) is 170 Å². The van der Waals surface area contributed by atoms with Crippen molar-refractivity contribution >= 4 is 103 Å². The molecule has 0 atom stereocenters. The third-order valence-electron chi connectivity index (χ3n) is 10.1. The molecule has 4 heteroatoms. The van der Waals surface area contributed by atoms with E-state index in [1.165, 1.54) is 47.2 Å². The summed E-state index contributed by atoms with van der Waals surface area (Å²) < 4.78 is 11.6. The molecule has 11 rings (SSSR count). The number of rotatable bonds is 4. The van der Waals surface area contributed by atoms with Crippen molar-refractivity contribution in [3.8, 4) is 5.69 Å². The van der Waals surface area contributed by atoms with Gasteiger partial charge in [-0.3, -0.25) is 0 Å². The van der Waals surface area contributed by atoms with Crippen molar-refractivity contribution in [2.45, 2.75) is 0 Å². The van der Waals surface area contributed by atoms with Gasteiger partial charge in [0.05, 0.1) is 16.7 Å². The van der Waals surface area contributed by atoms with Crippen molar-refractivity contribution in [2.75, 3.05) is 4.90 Å². The molecule has 0 aliphatic carbocycles. The number of hydrogen-bond acceptors (Lipinski definition) is 3. The smallest absolute Gasteiger partial charge is 0.137 e. The average Bonchev–Trinajstić information content (AvgIpc) is 3.83. The van der Waals surface area contributed by atoms with Crippen LogP contribution in [0.25, 0.3) is 80.4 Å². The Bertz CT molecular complexity index is 3110. The summed E-state index contributed by atoms with van der Waals surface area (Å²) in [4.78, 5) is 2.41. The lowest BCUT2D eigenvalue weighted by Crippen LogP contribution is -2.11. The third-order valence-corrected chi connectivity index (χ3v) is 11.3. The number of anilines is 3. The normalized spacial score (nSPS) is 12.0. The van der Waals surface area contributed by atoms with Crippen molar-refractivity contribution in [3.63, 3.8) is 0 Å². The molecule has 0 spiro atoms. The molecule has 0 amide bonds. The molecular formula is C46H28N2OS. The molecule has 0 unspecified atom stereocenters. The first-order valence-corrected chi connectivity index (χ1v) is 17.7. The number of furan rings is 1. The van der Waals surface area contributed by atoms with Gasteiger partial charge in [0.1, 0.15) is 11.2 Å². The fourth-order valence-corrected chi connectivity index (χ4v) is 9.04. The highest BCUT2D eigenvalue weighted by atomic mass is 32.1. The van der Waals surface area contributed by atoms with E-state index in [4.69, 9.17) is 4.42 Å². The van der Waals surface area contributed by atoms with Gasteiger partial charge in [0.15, 0.2) is 0 Å². The molecule has 0 bridgehead atoms. The average molecular weight is 657 g/mol. The Balaban J connectivity index is 1.22. The van der Waals surface area contributed by atoms with Crippen molar-refractivity contribution in [2.24, 2.45) is 0 Å². The molecule has 0 N–H and O–H groups in total. The van der Waals surface area contributed by atoms with Crippen LogP contribution in [0.3, 0.4) is 0 Å². The molecular weight excluding hydrogens is 629 g/mol. The zero-order valence-electron chi connectivity index (χ0n) is 26.9.